The molecule has 0 bridgehead atoms. The largest absolute Gasteiger partial charge is 0.462 e. The molecule has 0 atom stereocenters. The maximum atomic E-state index is 5.71. The van der Waals surface area contributed by atoms with Crippen LogP contribution in [0.5, 0.6) is 5.75 Å². The molecule has 0 aromatic heterocycles. The Morgan fingerprint density at radius 3 is 2.38 bits per heavy atom. The van der Waals surface area contributed by atoms with Gasteiger partial charge < -0.3 is 10.5 Å². The van der Waals surface area contributed by atoms with Gasteiger partial charge in [0.25, 0.3) is 0 Å². The first-order chi connectivity index (χ1) is 10.2. The predicted molar refractivity (Wildman–Crippen MR) is 93.7 cm³/mol. The van der Waals surface area contributed by atoms with Gasteiger partial charge in [-0.15, -0.1) is 0 Å². The van der Waals surface area contributed by atoms with Gasteiger partial charge in [-0.2, -0.15) is 0 Å². The molecular formula is C19H33NO. The van der Waals surface area contributed by atoms with Gasteiger partial charge in [0.05, 0.1) is 5.76 Å². The standard InChI is InChI=1S/C13H18O.C6H15N/c1-4-5-9-12(3)14-13-10-7-6-8-11(13)2;1-2-3-4-5-6-7/h6-10H,4-5H2,1-3H3;2-7H2,1H3/b12-9+;. The summed E-state index contributed by atoms with van der Waals surface area (Å²) in [6.07, 6.45) is 9.54. The maximum absolute atomic E-state index is 5.71. The molecule has 0 saturated heterocycles. The van der Waals surface area contributed by atoms with Crippen molar-refractivity contribution in [3.63, 3.8) is 0 Å². The van der Waals surface area contributed by atoms with E-state index in [0.717, 1.165) is 30.9 Å². The second kappa shape index (κ2) is 13.7. The summed E-state index contributed by atoms with van der Waals surface area (Å²) in [5.41, 5.74) is 6.45. The molecule has 0 aliphatic rings. The van der Waals surface area contributed by atoms with E-state index < -0.39 is 0 Å². The fraction of sp³-hybridized carbons (Fsp3) is 0.579. The van der Waals surface area contributed by atoms with Crippen LogP contribution in [0.1, 0.15) is 64.9 Å². The lowest BCUT2D eigenvalue weighted by Gasteiger charge is -2.08. The second-order valence-electron chi connectivity index (χ2n) is 5.32. The van der Waals surface area contributed by atoms with E-state index in [1.54, 1.807) is 0 Å². The summed E-state index contributed by atoms with van der Waals surface area (Å²) in [5.74, 6) is 1.94. The smallest absolute Gasteiger partial charge is 0.129 e. The van der Waals surface area contributed by atoms with Crippen molar-refractivity contribution in [2.45, 2.75) is 66.2 Å². The Labute approximate surface area is 131 Å². The van der Waals surface area contributed by atoms with Crippen molar-refractivity contribution >= 4 is 0 Å². The fourth-order valence-electron chi connectivity index (χ4n) is 1.80. The number of unbranched alkanes of at least 4 members (excludes halogenated alkanes) is 4. The zero-order valence-electron chi connectivity index (χ0n) is 14.3. The number of benzene rings is 1. The SMILES string of the molecule is CCC/C=C(\C)Oc1ccccc1C.CCCCCCN. The van der Waals surface area contributed by atoms with Gasteiger partial charge in [0.1, 0.15) is 5.75 Å². The second-order valence-corrected chi connectivity index (χ2v) is 5.32. The van der Waals surface area contributed by atoms with Crippen LogP contribution in [-0.4, -0.2) is 6.54 Å². The highest BCUT2D eigenvalue weighted by atomic mass is 16.5. The highest BCUT2D eigenvalue weighted by Crippen LogP contribution is 2.18. The van der Waals surface area contributed by atoms with Crippen molar-refractivity contribution in [2.24, 2.45) is 5.73 Å². The average Bonchev–Trinajstić information content (AvgIpc) is 2.49. The Kier molecular flexibility index (Phi) is 12.9. The van der Waals surface area contributed by atoms with E-state index in [0.29, 0.717) is 0 Å². The molecule has 120 valence electrons. The zero-order chi connectivity index (χ0) is 15.9. The molecule has 0 heterocycles. The molecule has 1 aromatic carbocycles. The van der Waals surface area contributed by atoms with Gasteiger partial charge in [0, 0.05) is 0 Å². The van der Waals surface area contributed by atoms with Gasteiger partial charge in [-0.3, -0.25) is 0 Å². The topological polar surface area (TPSA) is 35.2 Å². The van der Waals surface area contributed by atoms with Crippen LogP contribution >= 0.6 is 0 Å². The van der Waals surface area contributed by atoms with Crippen molar-refractivity contribution in [1.82, 2.24) is 0 Å². The van der Waals surface area contributed by atoms with Gasteiger partial charge in [-0.1, -0.05) is 57.7 Å². The number of para-hydroxylation sites is 1. The van der Waals surface area contributed by atoms with Crippen molar-refractivity contribution in [3.8, 4) is 5.75 Å². The molecule has 2 heteroatoms. The first-order valence-corrected chi connectivity index (χ1v) is 8.25. The van der Waals surface area contributed by atoms with Crippen molar-refractivity contribution in [2.75, 3.05) is 6.54 Å². The van der Waals surface area contributed by atoms with Crippen LogP contribution in [0.2, 0.25) is 0 Å². The predicted octanol–water partition coefficient (Wildman–Crippen LogP) is 5.60. The lowest BCUT2D eigenvalue weighted by molar-refractivity contribution is 0.421. The summed E-state index contributed by atoms with van der Waals surface area (Å²) in [6, 6.07) is 8.07. The minimum atomic E-state index is 0.861. The number of nitrogens with two attached hydrogens (primary N) is 1. The van der Waals surface area contributed by atoms with E-state index in [9.17, 15) is 0 Å². The molecule has 0 aliphatic carbocycles. The third-order valence-corrected chi connectivity index (χ3v) is 3.14. The summed E-state index contributed by atoms with van der Waals surface area (Å²) in [5, 5.41) is 0. The molecular weight excluding hydrogens is 258 g/mol. The van der Waals surface area contributed by atoms with E-state index in [1.807, 2.05) is 25.1 Å². The van der Waals surface area contributed by atoms with Crippen molar-refractivity contribution in [1.29, 1.82) is 0 Å². The van der Waals surface area contributed by atoms with Crippen molar-refractivity contribution in [3.05, 3.63) is 41.7 Å². The van der Waals surface area contributed by atoms with Crippen LogP contribution in [0.3, 0.4) is 0 Å². The highest BCUT2D eigenvalue weighted by Gasteiger charge is 1.97. The van der Waals surface area contributed by atoms with Crippen LogP contribution < -0.4 is 10.5 Å². The van der Waals surface area contributed by atoms with Crippen LogP contribution in [0.4, 0.5) is 0 Å². The highest BCUT2D eigenvalue weighted by molar-refractivity contribution is 5.33. The number of hydrogen-bond acceptors (Lipinski definition) is 2. The zero-order valence-corrected chi connectivity index (χ0v) is 14.3. The Balaban J connectivity index is 0.000000486. The first kappa shape index (κ1) is 19.7. The van der Waals surface area contributed by atoms with Gasteiger partial charge in [0.15, 0.2) is 0 Å². The number of aryl methyl sites for hydroxylation is 1. The molecule has 0 unspecified atom stereocenters. The van der Waals surface area contributed by atoms with Gasteiger partial charge in [-0.25, -0.2) is 0 Å². The fourth-order valence-corrected chi connectivity index (χ4v) is 1.80. The lowest BCUT2D eigenvalue weighted by Crippen LogP contribution is -1.97. The maximum Gasteiger partial charge on any atom is 0.129 e. The van der Waals surface area contributed by atoms with E-state index in [1.165, 1.54) is 31.2 Å². The summed E-state index contributed by atoms with van der Waals surface area (Å²) < 4.78 is 5.71. The Bertz CT molecular complexity index is 381. The van der Waals surface area contributed by atoms with Gasteiger partial charge >= 0.3 is 0 Å². The number of rotatable bonds is 8. The van der Waals surface area contributed by atoms with Crippen molar-refractivity contribution < 1.29 is 4.74 Å². The average molecular weight is 291 g/mol. The quantitative estimate of drug-likeness (QED) is 0.499. The minimum absolute atomic E-state index is 0.861. The van der Waals surface area contributed by atoms with Gasteiger partial charge in [0.2, 0.25) is 0 Å². The Morgan fingerprint density at radius 2 is 1.81 bits per heavy atom. The summed E-state index contributed by atoms with van der Waals surface area (Å²) >= 11 is 0. The summed E-state index contributed by atoms with van der Waals surface area (Å²) in [6.45, 7) is 9.29. The Hall–Kier alpha value is -1.28. The molecule has 2 N–H and O–H groups in total. The molecule has 0 aliphatic heterocycles. The molecule has 0 spiro atoms. The number of hydrogen-bond donors (Lipinski definition) is 1. The first-order valence-electron chi connectivity index (χ1n) is 8.25. The molecule has 0 saturated carbocycles. The molecule has 0 radical (unpaired) electrons. The van der Waals surface area contributed by atoms with E-state index in [4.69, 9.17) is 10.5 Å². The molecule has 1 aromatic rings. The van der Waals surface area contributed by atoms with Crippen LogP contribution in [0, 0.1) is 6.92 Å². The van der Waals surface area contributed by atoms with E-state index >= 15 is 0 Å². The summed E-state index contributed by atoms with van der Waals surface area (Å²) in [4.78, 5) is 0. The van der Waals surface area contributed by atoms with Crippen LogP contribution in [0.15, 0.2) is 36.1 Å². The lowest BCUT2D eigenvalue weighted by atomic mass is 10.2. The van der Waals surface area contributed by atoms with Crippen LogP contribution in [-0.2, 0) is 0 Å². The number of ether oxygens (including phenoxy) is 1. The molecule has 21 heavy (non-hydrogen) atoms. The van der Waals surface area contributed by atoms with E-state index in [2.05, 4.69) is 32.9 Å². The normalized spacial score (nSPS) is 10.8. The third kappa shape index (κ3) is 11.1. The third-order valence-electron chi connectivity index (χ3n) is 3.14. The number of allylic oxidation sites excluding steroid dienone is 2. The summed E-state index contributed by atoms with van der Waals surface area (Å²) in [7, 11) is 0. The molecule has 1 rings (SSSR count). The monoisotopic (exact) mass is 291 g/mol. The molecule has 0 fully saturated rings. The Morgan fingerprint density at radius 1 is 1.10 bits per heavy atom. The molecule has 2 nitrogen and oxygen atoms in total. The minimum Gasteiger partial charge on any atom is -0.462 e. The molecule has 0 amide bonds. The van der Waals surface area contributed by atoms with Crippen LogP contribution in [0.25, 0.3) is 0 Å². The van der Waals surface area contributed by atoms with Gasteiger partial charge in [-0.05, 0) is 50.9 Å². The van der Waals surface area contributed by atoms with E-state index in [-0.39, 0.29) is 0 Å².